The van der Waals surface area contributed by atoms with E-state index in [4.69, 9.17) is 66.3 Å². The van der Waals surface area contributed by atoms with Crippen molar-refractivity contribution >= 4 is 35.3 Å². The van der Waals surface area contributed by atoms with E-state index >= 15 is 0 Å². The van der Waals surface area contributed by atoms with Gasteiger partial charge in [0, 0.05) is 44.4 Å². The van der Waals surface area contributed by atoms with Gasteiger partial charge in [0.25, 0.3) is 11.8 Å². The van der Waals surface area contributed by atoms with Crippen LogP contribution in [0.5, 0.6) is 0 Å². The van der Waals surface area contributed by atoms with E-state index in [1.54, 1.807) is 59.7 Å². The summed E-state index contributed by atoms with van der Waals surface area (Å²) in [6, 6.07) is 3.14. The number of methoxy groups -OCH3 is 1. The fourth-order valence-electron chi connectivity index (χ4n) is 7.85. The number of rotatable bonds is 43. The van der Waals surface area contributed by atoms with Crippen molar-refractivity contribution in [3.05, 3.63) is 58.9 Å². The second-order valence-corrected chi connectivity index (χ2v) is 20.2. The lowest BCUT2D eigenvalue weighted by Gasteiger charge is -2.35. The van der Waals surface area contributed by atoms with E-state index in [0.29, 0.717) is 23.1 Å². The first-order valence-electron chi connectivity index (χ1n) is 26.4. The Labute approximate surface area is 470 Å². The Kier molecular flexibility index (Phi) is 31.4. The van der Waals surface area contributed by atoms with Gasteiger partial charge in [0.15, 0.2) is 60.1 Å². The molecule has 0 saturated carbocycles. The van der Waals surface area contributed by atoms with Gasteiger partial charge in [0.2, 0.25) is 5.91 Å². The zero-order chi connectivity index (χ0) is 59.2. The topological polar surface area (TPSA) is 338 Å². The van der Waals surface area contributed by atoms with Crippen molar-refractivity contribution in [2.75, 3.05) is 101 Å². The molecule has 7 atom stereocenters. The Bertz CT molecular complexity index is 2240. The molecule has 28 nitrogen and oxygen atoms in total. The highest BCUT2D eigenvalue weighted by molar-refractivity contribution is 6.13. The molecule has 0 bridgehead atoms. The molecule has 0 unspecified atom stereocenters. The molecule has 3 heterocycles. The summed E-state index contributed by atoms with van der Waals surface area (Å²) >= 11 is 0. The number of ketones is 2. The number of amides is 3. The number of aryl methyl sites for hydroxylation is 1. The van der Waals surface area contributed by atoms with E-state index in [1.165, 1.54) is 18.0 Å². The minimum absolute atomic E-state index is 0.0188. The third-order valence-corrected chi connectivity index (χ3v) is 12.4. The molecule has 28 heteroatoms. The van der Waals surface area contributed by atoms with Gasteiger partial charge in [-0.2, -0.15) is 0 Å². The van der Waals surface area contributed by atoms with Gasteiger partial charge in [-0.25, -0.2) is 4.68 Å². The van der Waals surface area contributed by atoms with Gasteiger partial charge in [0.05, 0.1) is 62.8 Å². The third-order valence-electron chi connectivity index (χ3n) is 12.4. The number of hydrogen-bond donors (Lipinski definition) is 4. The van der Waals surface area contributed by atoms with Gasteiger partial charge < -0.3 is 87.0 Å². The Hall–Kier alpha value is -5.12. The van der Waals surface area contributed by atoms with Gasteiger partial charge in [-0.05, 0) is 63.1 Å². The highest BCUT2D eigenvalue weighted by Crippen LogP contribution is 2.29. The first-order chi connectivity index (χ1) is 38.8. The maximum Gasteiger partial charge on any atom is 0.311 e. The lowest BCUT2D eigenvalue weighted by Crippen LogP contribution is -2.52. The molecule has 1 aromatic carbocycles. The SMILES string of the molecule is COCOCOCOCOCOCOCOCOCOCOCCOCCn1cc([C@H](CC(=O)C[C@H](C(=O)N[C@@H](C)C(=O)Cc2ccc(COC(=O)C(C)(C)C)c(CC[C@@H]3OC[C@@H](O)[C@H](O)[C@H]3O)c2)C(C)C)N2C(=O)C=CC2=O)nn1. The first-order valence-corrected chi connectivity index (χ1v) is 26.4. The quantitative estimate of drug-likeness (QED) is 0.0312. The molecule has 1 fully saturated rings. The minimum Gasteiger partial charge on any atom is -0.460 e. The van der Waals surface area contributed by atoms with Crippen LogP contribution in [-0.4, -0.2) is 202 Å². The van der Waals surface area contributed by atoms with E-state index in [0.717, 1.165) is 17.1 Å². The van der Waals surface area contributed by atoms with Crippen LogP contribution >= 0.6 is 0 Å². The summed E-state index contributed by atoms with van der Waals surface area (Å²) in [5.41, 5.74) is 1.39. The molecule has 4 rings (SSSR count). The van der Waals surface area contributed by atoms with Crippen molar-refractivity contribution in [2.45, 2.75) is 123 Å². The largest absolute Gasteiger partial charge is 0.460 e. The highest BCUT2D eigenvalue weighted by Gasteiger charge is 2.39. The average Bonchev–Trinajstić information content (AvgIpc) is 4.06. The van der Waals surface area contributed by atoms with Crippen molar-refractivity contribution in [1.29, 1.82) is 0 Å². The Morgan fingerprint density at radius 1 is 0.741 bits per heavy atom. The molecule has 456 valence electrons. The fraction of sp³-hybridized carbons (Fsp3) is 0.698. The van der Waals surface area contributed by atoms with Crippen molar-refractivity contribution in [3.63, 3.8) is 0 Å². The molecule has 0 spiro atoms. The average molecular weight is 1160 g/mol. The molecule has 3 amide bonds. The summed E-state index contributed by atoms with van der Waals surface area (Å²) in [6.07, 6.45) is -1.19. The standard InChI is InChI=1S/C53H81N5O23/c1-35(2)41(51(66)54-36(3)44(60)19-37-8-9-39(23-81-52(67)53(4,5)6)38(18-37)10-11-46-50(65)49(64)45(61)24-80-46)20-40(59)21-43(58-47(62)12-13-48(58)63)42-22-57(56-55-42)14-15-69-16-17-70-26-72-28-74-30-76-32-78-34-79-33-77-31-75-29-73-27-71-25-68-7/h8-9,12-13,18,22,35-36,41,43,45-46,49-50,61,64-65H,10-11,14-17,19-21,23-34H2,1-7H3,(H,54,66)/t36-,41-,43-,45+,46-,49-,50-/m0/s1. The highest BCUT2D eigenvalue weighted by atomic mass is 16.8. The number of imide groups is 1. The number of Topliss-reactive ketones (excluding diaryl/α,β-unsaturated/α-hetero) is 2. The molecular weight excluding hydrogens is 1070 g/mol. The van der Waals surface area contributed by atoms with Crippen LogP contribution in [0.1, 0.15) is 89.2 Å². The van der Waals surface area contributed by atoms with Crippen LogP contribution in [-0.2, 0) is 121 Å². The molecule has 1 saturated heterocycles. The second kappa shape index (κ2) is 37.2. The summed E-state index contributed by atoms with van der Waals surface area (Å²) in [4.78, 5) is 80.7. The molecule has 2 aromatic rings. The van der Waals surface area contributed by atoms with Gasteiger partial charge >= 0.3 is 5.97 Å². The Morgan fingerprint density at radius 3 is 1.88 bits per heavy atom. The molecule has 0 aliphatic carbocycles. The predicted octanol–water partition coefficient (Wildman–Crippen LogP) is 1.09. The van der Waals surface area contributed by atoms with Crippen LogP contribution in [0.3, 0.4) is 0 Å². The minimum atomic E-state index is -1.38. The van der Waals surface area contributed by atoms with Crippen LogP contribution < -0.4 is 5.32 Å². The maximum absolute atomic E-state index is 13.9. The fourth-order valence-corrected chi connectivity index (χ4v) is 7.85. The molecule has 2 aliphatic heterocycles. The monoisotopic (exact) mass is 1160 g/mol. The number of carbonyl (C=O) groups is 6. The molecule has 1 aromatic heterocycles. The lowest BCUT2D eigenvalue weighted by atomic mass is 9.87. The van der Waals surface area contributed by atoms with E-state index < -0.39 is 77.3 Å². The summed E-state index contributed by atoms with van der Waals surface area (Å²) in [5.74, 6) is -4.25. The van der Waals surface area contributed by atoms with Crippen molar-refractivity contribution in [3.8, 4) is 0 Å². The number of nitrogens with zero attached hydrogens (tertiary/aromatic N) is 4. The van der Waals surface area contributed by atoms with Crippen LogP contribution in [0.4, 0.5) is 0 Å². The number of aliphatic hydroxyl groups is 3. The number of nitrogens with one attached hydrogen (secondary N) is 1. The maximum atomic E-state index is 13.9. The normalized spacial score (nSPS) is 18.6. The number of hydrogen-bond acceptors (Lipinski definition) is 25. The Morgan fingerprint density at radius 2 is 1.31 bits per heavy atom. The molecule has 4 N–H and O–H groups in total. The first kappa shape index (κ1) is 68.4. The number of carbonyl (C=O) groups excluding carboxylic acids is 6. The zero-order valence-electron chi connectivity index (χ0n) is 47.2. The summed E-state index contributed by atoms with van der Waals surface area (Å²) in [5, 5.41) is 41.8. The van der Waals surface area contributed by atoms with Gasteiger partial charge in [-0.15, -0.1) is 5.10 Å². The van der Waals surface area contributed by atoms with E-state index in [1.807, 2.05) is 0 Å². The summed E-state index contributed by atoms with van der Waals surface area (Å²) in [6.45, 7) is 10.4. The van der Waals surface area contributed by atoms with Crippen molar-refractivity contribution in [2.24, 2.45) is 17.3 Å². The van der Waals surface area contributed by atoms with E-state index in [-0.39, 0.29) is 151 Å². The van der Waals surface area contributed by atoms with E-state index in [2.05, 4.69) is 15.6 Å². The van der Waals surface area contributed by atoms with Crippen molar-refractivity contribution < 1.29 is 110 Å². The number of aromatic nitrogens is 3. The summed E-state index contributed by atoms with van der Waals surface area (Å²) in [7, 11) is 1.50. The van der Waals surface area contributed by atoms with Crippen molar-refractivity contribution in [1.82, 2.24) is 25.2 Å². The van der Waals surface area contributed by atoms with Gasteiger partial charge in [-0.3, -0.25) is 33.7 Å². The van der Waals surface area contributed by atoms with Crippen LogP contribution in [0.2, 0.25) is 0 Å². The van der Waals surface area contributed by atoms with Gasteiger partial charge in [-0.1, -0.05) is 37.3 Å². The molecular formula is C53H81N5O23. The molecule has 2 aliphatic rings. The predicted molar refractivity (Wildman–Crippen MR) is 277 cm³/mol. The zero-order valence-corrected chi connectivity index (χ0v) is 47.2. The smallest absolute Gasteiger partial charge is 0.311 e. The third kappa shape index (κ3) is 25.1. The lowest BCUT2D eigenvalue weighted by molar-refractivity contribution is -0.231. The summed E-state index contributed by atoms with van der Waals surface area (Å²) < 4.78 is 74.1. The number of ether oxygens (including phenoxy) is 14. The van der Waals surface area contributed by atoms with Gasteiger partial charge in [0.1, 0.15) is 50.0 Å². The van der Waals surface area contributed by atoms with E-state index in [9.17, 15) is 44.1 Å². The number of benzene rings is 1. The molecule has 0 radical (unpaired) electrons. The van der Waals surface area contributed by atoms with Crippen LogP contribution in [0.15, 0.2) is 36.5 Å². The Balaban J connectivity index is 1.18. The van der Waals surface area contributed by atoms with Crippen LogP contribution in [0, 0.1) is 17.3 Å². The number of aliphatic hydroxyl groups excluding tert-OH is 3. The second-order valence-electron chi connectivity index (χ2n) is 20.2. The van der Waals surface area contributed by atoms with Crippen LogP contribution in [0.25, 0.3) is 0 Å². The molecule has 81 heavy (non-hydrogen) atoms. The number of esters is 1.